The average molecular weight is 250 g/mol. The number of aliphatic carboxylic acids is 1. The number of hydrogen-bond donors (Lipinski definition) is 3. The molecule has 1 aromatic carbocycles. The third-order valence-electron chi connectivity index (χ3n) is 2.46. The van der Waals surface area contributed by atoms with Crippen LogP contribution in [-0.4, -0.2) is 23.0 Å². The molecule has 1 atom stereocenters. The van der Waals surface area contributed by atoms with Gasteiger partial charge in [-0.05, 0) is 30.5 Å². The fourth-order valence-electron chi connectivity index (χ4n) is 1.61. The highest BCUT2D eigenvalue weighted by molar-refractivity contribution is 5.97. The summed E-state index contributed by atoms with van der Waals surface area (Å²) in [6.07, 6.45) is 0.392. The van der Waals surface area contributed by atoms with Crippen LogP contribution in [0.2, 0.25) is 0 Å². The minimum Gasteiger partial charge on any atom is -0.480 e. The van der Waals surface area contributed by atoms with Gasteiger partial charge in [-0.1, -0.05) is 19.9 Å². The Balaban J connectivity index is 2.75. The summed E-state index contributed by atoms with van der Waals surface area (Å²) >= 11 is 0. The SMILES string of the molecule is CC(C)CC(NC(=O)c1cccc(N)c1)C(=O)O. The Morgan fingerprint density at radius 3 is 2.56 bits per heavy atom. The molecule has 1 amide bonds. The maximum absolute atomic E-state index is 11.9. The number of hydrogen-bond acceptors (Lipinski definition) is 3. The van der Waals surface area contributed by atoms with E-state index < -0.39 is 17.9 Å². The van der Waals surface area contributed by atoms with Crippen LogP contribution >= 0.6 is 0 Å². The number of benzene rings is 1. The van der Waals surface area contributed by atoms with Gasteiger partial charge in [0.05, 0.1) is 0 Å². The van der Waals surface area contributed by atoms with Gasteiger partial charge in [-0.15, -0.1) is 0 Å². The van der Waals surface area contributed by atoms with Gasteiger partial charge in [0.25, 0.3) is 5.91 Å². The van der Waals surface area contributed by atoms with Gasteiger partial charge < -0.3 is 16.2 Å². The lowest BCUT2D eigenvalue weighted by Gasteiger charge is -2.16. The Labute approximate surface area is 106 Å². The first-order valence-corrected chi connectivity index (χ1v) is 5.79. The third kappa shape index (κ3) is 4.08. The standard InChI is InChI=1S/C13H18N2O3/c1-8(2)6-11(13(17)18)15-12(16)9-4-3-5-10(14)7-9/h3-5,7-8,11H,6,14H2,1-2H3,(H,15,16)(H,17,18). The van der Waals surface area contributed by atoms with Crippen LogP contribution in [0.4, 0.5) is 5.69 Å². The summed E-state index contributed by atoms with van der Waals surface area (Å²) in [4.78, 5) is 22.9. The molecule has 0 aliphatic heterocycles. The lowest BCUT2D eigenvalue weighted by molar-refractivity contribution is -0.139. The molecule has 5 nitrogen and oxygen atoms in total. The Morgan fingerprint density at radius 2 is 2.06 bits per heavy atom. The Bertz CT molecular complexity index is 444. The topological polar surface area (TPSA) is 92.4 Å². The van der Waals surface area contributed by atoms with Crippen LogP contribution in [0.5, 0.6) is 0 Å². The molecule has 5 heteroatoms. The van der Waals surface area contributed by atoms with Gasteiger partial charge in [0.15, 0.2) is 0 Å². The predicted molar refractivity (Wildman–Crippen MR) is 69.2 cm³/mol. The molecule has 0 saturated heterocycles. The first-order chi connectivity index (χ1) is 8.40. The molecule has 0 aliphatic carbocycles. The van der Waals surface area contributed by atoms with Gasteiger partial charge in [0.2, 0.25) is 0 Å². The number of nitrogens with one attached hydrogen (secondary N) is 1. The molecule has 1 aromatic rings. The highest BCUT2D eigenvalue weighted by Gasteiger charge is 2.21. The Hall–Kier alpha value is -2.04. The zero-order valence-corrected chi connectivity index (χ0v) is 10.5. The largest absolute Gasteiger partial charge is 0.480 e. The number of carbonyl (C=O) groups excluding carboxylic acids is 1. The smallest absolute Gasteiger partial charge is 0.326 e. The molecule has 1 unspecified atom stereocenters. The lowest BCUT2D eigenvalue weighted by atomic mass is 10.0. The number of nitrogens with two attached hydrogens (primary N) is 1. The predicted octanol–water partition coefficient (Wildman–Crippen LogP) is 1.50. The van der Waals surface area contributed by atoms with Crippen molar-refractivity contribution in [3.63, 3.8) is 0 Å². The van der Waals surface area contributed by atoms with Gasteiger partial charge in [-0.25, -0.2) is 4.79 Å². The van der Waals surface area contributed by atoms with E-state index in [2.05, 4.69) is 5.32 Å². The molecule has 0 bridgehead atoms. The van der Waals surface area contributed by atoms with Crippen molar-refractivity contribution in [2.75, 3.05) is 5.73 Å². The molecule has 0 saturated carbocycles. The van der Waals surface area contributed by atoms with E-state index in [0.29, 0.717) is 17.7 Å². The molecule has 0 aliphatic rings. The van der Waals surface area contributed by atoms with Crippen LogP contribution in [0.3, 0.4) is 0 Å². The zero-order valence-electron chi connectivity index (χ0n) is 10.5. The van der Waals surface area contributed by atoms with E-state index in [4.69, 9.17) is 10.8 Å². The monoisotopic (exact) mass is 250 g/mol. The summed E-state index contributed by atoms with van der Waals surface area (Å²) in [6, 6.07) is 5.56. The number of rotatable bonds is 5. The van der Waals surface area contributed by atoms with Crippen LogP contribution in [0.15, 0.2) is 24.3 Å². The summed E-state index contributed by atoms with van der Waals surface area (Å²) < 4.78 is 0. The highest BCUT2D eigenvalue weighted by atomic mass is 16.4. The van der Waals surface area contributed by atoms with Crippen molar-refractivity contribution >= 4 is 17.6 Å². The summed E-state index contributed by atoms with van der Waals surface area (Å²) in [7, 11) is 0. The normalized spacial score (nSPS) is 12.2. The minimum absolute atomic E-state index is 0.187. The fraction of sp³-hybridized carbons (Fsp3) is 0.385. The molecule has 0 aromatic heterocycles. The summed E-state index contributed by atoms with van der Waals surface area (Å²) in [5.74, 6) is -1.26. The van der Waals surface area contributed by atoms with Crippen LogP contribution in [-0.2, 0) is 4.79 Å². The number of carboxylic acid groups (broad SMARTS) is 1. The van der Waals surface area contributed by atoms with Gasteiger partial charge in [-0.3, -0.25) is 4.79 Å². The van der Waals surface area contributed by atoms with Crippen LogP contribution < -0.4 is 11.1 Å². The highest BCUT2D eigenvalue weighted by Crippen LogP contribution is 2.09. The van der Waals surface area contributed by atoms with Crippen molar-refractivity contribution in [3.05, 3.63) is 29.8 Å². The number of carbonyl (C=O) groups is 2. The molecular formula is C13H18N2O3. The number of carboxylic acids is 1. The third-order valence-corrected chi connectivity index (χ3v) is 2.46. The molecular weight excluding hydrogens is 232 g/mol. The molecule has 0 spiro atoms. The van der Waals surface area contributed by atoms with Crippen molar-refractivity contribution in [2.45, 2.75) is 26.3 Å². The maximum atomic E-state index is 11.9. The van der Waals surface area contributed by atoms with Crippen molar-refractivity contribution in [1.29, 1.82) is 0 Å². The summed E-state index contributed by atoms with van der Waals surface area (Å²) in [5.41, 5.74) is 6.41. The molecule has 0 radical (unpaired) electrons. The zero-order chi connectivity index (χ0) is 13.7. The van der Waals surface area contributed by atoms with E-state index in [1.54, 1.807) is 18.2 Å². The second-order valence-corrected chi connectivity index (χ2v) is 4.62. The number of anilines is 1. The Kier molecular flexibility index (Phi) is 4.71. The molecule has 0 heterocycles. The molecule has 1 rings (SSSR count). The van der Waals surface area contributed by atoms with Crippen molar-refractivity contribution in [3.8, 4) is 0 Å². The quantitative estimate of drug-likeness (QED) is 0.690. The second-order valence-electron chi connectivity index (χ2n) is 4.62. The first-order valence-electron chi connectivity index (χ1n) is 5.79. The van der Waals surface area contributed by atoms with Crippen molar-refractivity contribution in [2.24, 2.45) is 5.92 Å². The van der Waals surface area contributed by atoms with Gasteiger partial charge in [-0.2, -0.15) is 0 Å². The number of nitrogen functional groups attached to an aromatic ring is 1. The van der Waals surface area contributed by atoms with Crippen LogP contribution in [0.25, 0.3) is 0 Å². The van der Waals surface area contributed by atoms with E-state index in [1.807, 2.05) is 13.8 Å². The van der Waals surface area contributed by atoms with E-state index >= 15 is 0 Å². The molecule has 98 valence electrons. The van der Waals surface area contributed by atoms with Crippen molar-refractivity contribution in [1.82, 2.24) is 5.32 Å². The lowest BCUT2D eigenvalue weighted by Crippen LogP contribution is -2.41. The maximum Gasteiger partial charge on any atom is 0.326 e. The van der Waals surface area contributed by atoms with Crippen LogP contribution in [0.1, 0.15) is 30.6 Å². The van der Waals surface area contributed by atoms with Crippen molar-refractivity contribution < 1.29 is 14.7 Å². The number of amides is 1. The molecule has 18 heavy (non-hydrogen) atoms. The molecule has 4 N–H and O–H groups in total. The summed E-state index contributed by atoms with van der Waals surface area (Å²) in [5, 5.41) is 11.5. The van der Waals surface area contributed by atoms with E-state index in [9.17, 15) is 9.59 Å². The summed E-state index contributed by atoms with van der Waals surface area (Å²) in [6.45, 7) is 3.81. The second kappa shape index (κ2) is 6.05. The minimum atomic E-state index is -1.03. The first kappa shape index (κ1) is 14.0. The van der Waals surface area contributed by atoms with Gasteiger partial charge in [0.1, 0.15) is 6.04 Å². The van der Waals surface area contributed by atoms with E-state index in [1.165, 1.54) is 6.07 Å². The molecule has 0 fully saturated rings. The Morgan fingerprint density at radius 1 is 1.39 bits per heavy atom. The van der Waals surface area contributed by atoms with Gasteiger partial charge >= 0.3 is 5.97 Å². The van der Waals surface area contributed by atoms with E-state index in [0.717, 1.165) is 0 Å². The fourth-order valence-corrected chi connectivity index (χ4v) is 1.61. The van der Waals surface area contributed by atoms with Crippen LogP contribution in [0, 0.1) is 5.92 Å². The average Bonchev–Trinajstić information content (AvgIpc) is 2.27. The van der Waals surface area contributed by atoms with E-state index in [-0.39, 0.29) is 5.92 Å². The van der Waals surface area contributed by atoms with Gasteiger partial charge in [0, 0.05) is 11.3 Å².